The number of nitrogens with one attached hydrogen (secondary N) is 1. The van der Waals surface area contributed by atoms with Crippen LogP contribution in [-0.2, 0) is 0 Å². The number of hydrogen-bond acceptors (Lipinski definition) is 3. The van der Waals surface area contributed by atoms with E-state index in [1.165, 1.54) is 92.1 Å². The predicted octanol–water partition coefficient (Wildman–Crippen LogP) is 15.2. The maximum Gasteiger partial charge on any atom is 0.134 e. The molecule has 0 saturated carbocycles. The van der Waals surface area contributed by atoms with Gasteiger partial charge in [0.1, 0.15) is 5.84 Å². The molecule has 1 aliphatic rings. The van der Waals surface area contributed by atoms with Gasteiger partial charge in [-0.05, 0) is 113 Å². The van der Waals surface area contributed by atoms with Crippen molar-refractivity contribution in [3.8, 4) is 33.6 Å². The van der Waals surface area contributed by atoms with Crippen LogP contribution in [0.1, 0.15) is 22.0 Å². The second kappa shape index (κ2) is 14.3. The molecular weight excluding hydrogens is 785 g/mol. The third kappa shape index (κ3) is 5.78. The first-order valence-corrected chi connectivity index (χ1v) is 22.3. The Labute approximate surface area is 368 Å². The van der Waals surface area contributed by atoms with E-state index in [2.05, 4.69) is 233 Å². The van der Waals surface area contributed by atoms with Gasteiger partial charge in [0.25, 0.3) is 0 Å². The first-order chi connectivity index (χ1) is 31.2. The fourth-order valence-electron chi connectivity index (χ4n) is 9.83. The smallest absolute Gasteiger partial charge is 0.134 e. The lowest BCUT2D eigenvalue weighted by Crippen LogP contribution is -2.32. The van der Waals surface area contributed by atoms with Gasteiger partial charge < -0.3 is 14.5 Å². The molecule has 0 bridgehead atoms. The summed E-state index contributed by atoms with van der Waals surface area (Å²) in [5.41, 5.74) is 15.2. The van der Waals surface area contributed by atoms with E-state index >= 15 is 0 Å². The highest BCUT2D eigenvalue weighted by molar-refractivity contribution is 7.20. The molecule has 4 nitrogen and oxygen atoms in total. The number of thiophene rings is 1. The fraction of sp³-hybridized carbons (Fsp3) is 0.0172. The SMILES string of the molecule is c1ccc(C2NC(c3ccc4c(c3)c3ccccc3n4-c3ccccc3)=Nc3c2sc2ccc(-c4cccc(-c5ccc6c(c5)c5ccccc5n6-c5ccccc5)c4)cc32)cc1. The van der Waals surface area contributed by atoms with E-state index in [-0.39, 0.29) is 6.04 Å². The van der Waals surface area contributed by atoms with Crippen molar-refractivity contribution in [2.24, 2.45) is 4.99 Å². The summed E-state index contributed by atoms with van der Waals surface area (Å²) in [6.45, 7) is 0. The van der Waals surface area contributed by atoms with Gasteiger partial charge in [0, 0.05) is 48.6 Å². The van der Waals surface area contributed by atoms with Crippen LogP contribution in [0.25, 0.3) is 87.3 Å². The van der Waals surface area contributed by atoms with Crippen molar-refractivity contribution in [1.82, 2.24) is 14.5 Å². The van der Waals surface area contributed by atoms with Crippen molar-refractivity contribution in [2.45, 2.75) is 6.04 Å². The number of benzene rings is 9. The lowest BCUT2D eigenvalue weighted by Gasteiger charge is -2.25. The third-order valence-corrected chi connectivity index (χ3v) is 14.0. The molecule has 1 N–H and O–H groups in total. The molecule has 9 aromatic carbocycles. The third-order valence-electron chi connectivity index (χ3n) is 12.8. The minimum atomic E-state index is -0.0398. The van der Waals surface area contributed by atoms with Gasteiger partial charge >= 0.3 is 0 Å². The summed E-state index contributed by atoms with van der Waals surface area (Å²) < 4.78 is 5.96. The van der Waals surface area contributed by atoms with E-state index in [1.54, 1.807) is 0 Å². The number of aliphatic imine (C=N–C) groups is 1. The normalized spacial score (nSPS) is 13.8. The van der Waals surface area contributed by atoms with Crippen LogP contribution >= 0.6 is 11.3 Å². The summed E-state index contributed by atoms with van der Waals surface area (Å²) in [5, 5.41) is 10.0. The van der Waals surface area contributed by atoms with Crippen molar-refractivity contribution in [3.05, 3.63) is 234 Å². The maximum atomic E-state index is 5.52. The Kier molecular flexibility index (Phi) is 8.11. The molecule has 63 heavy (non-hydrogen) atoms. The lowest BCUT2D eigenvalue weighted by molar-refractivity contribution is 0.766. The second-order valence-corrected chi connectivity index (χ2v) is 17.5. The average molecular weight is 823 g/mol. The highest BCUT2D eigenvalue weighted by Gasteiger charge is 2.29. The van der Waals surface area contributed by atoms with Gasteiger partial charge in [-0.15, -0.1) is 11.3 Å². The van der Waals surface area contributed by atoms with Gasteiger partial charge in [-0.2, -0.15) is 0 Å². The largest absolute Gasteiger partial charge is 0.358 e. The van der Waals surface area contributed by atoms with Gasteiger partial charge in [-0.1, -0.05) is 133 Å². The minimum Gasteiger partial charge on any atom is -0.358 e. The van der Waals surface area contributed by atoms with E-state index in [1.807, 2.05) is 11.3 Å². The Balaban J connectivity index is 0.927. The Morgan fingerprint density at radius 2 is 0.857 bits per heavy atom. The van der Waals surface area contributed by atoms with Gasteiger partial charge in [-0.3, -0.25) is 0 Å². The maximum absolute atomic E-state index is 5.52. The molecule has 13 rings (SSSR count). The fourth-order valence-corrected chi connectivity index (χ4v) is 11.0. The Bertz CT molecular complexity index is 3760. The monoisotopic (exact) mass is 822 g/mol. The van der Waals surface area contributed by atoms with Crippen LogP contribution in [0.5, 0.6) is 0 Å². The molecule has 4 heterocycles. The lowest BCUT2D eigenvalue weighted by atomic mass is 9.96. The Morgan fingerprint density at radius 1 is 0.381 bits per heavy atom. The van der Waals surface area contributed by atoms with Crippen molar-refractivity contribution < 1.29 is 0 Å². The molecule has 1 unspecified atom stereocenters. The zero-order valence-electron chi connectivity index (χ0n) is 34.1. The standard InChI is InChI=1S/C58H38N4S/c1-4-15-37(16-5-1)55-57-56(60-58(59-55)42-28-31-53-48(36-42)46-24-11-13-26-51(46)62(53)44-21-8-3-9-22-44)49-35-41(29-32-54(49)63-57)39-18-14-17-38(33-39)40-27-30-52-47(34-40)45-23-10-12-25-50(45)61(52)43-19-6-2-7-20-43/h1-36,55H,(H,59,60). The molecule has 0 fully saturated rings. The molecule has 3 aromatic heterocycles. The molecule has 12 aromatic rings. The summed E-state index contributed by atoms with van der Waals surface area (Å²) in [5.74, 6) is 0.880. The number of hydrogen-bond donors (Lipinski definition) is 1. The van der Waals surface area contributed by atoms with Crippen molar-refractivity contribution >= 4 is 76.6 Å². The molecule has 0 spiro atoms. The van der Waals surface area contributed by atoms with Crippen LogP contribution in [0, 0.1) is 0 Å². The molecule has 1 aliphatic heterocycles. The van der Waals surface area contributed by atoms with E-state index in [0.29, 0.717) is 0 Å². The number of nitrogens with zero attached hydrogens (tertiary/aromatic N) is 3. The zero-order valence-corrected chi connectivity index (χ0v) is 34.9. The van der Waals surface area contributed by atoms with Gasteiger partial charge in [0.15, 0.2) is 0 Å². The molecule has 0 amide bonds. The number of rotatable bonds is 6. The van der Waals surface area contributed by atoms with Crippen LogP contribution in [0.4, 0.5) is 5.69 Å². The minimum absolute atomic E-state index is 0.0398. The van der Waals surface area contributed by atoms with E-state index < -0.39 is 0 Å². The van der Waals surface area contributed by atoms with E-state index in [0.717, 1.165) is 22.8 Å². The van der Waals surface area contributed by atoms with Gasteiger partial charge in [0.2, 0.25) is 0 Å². The predicted molar refractivity (Wildman–Crippen MR) is 265 cm³/mol. The molecule has 1 atom stereocenters. The molecule has 5 heteroatoms. The average Bonchev–Trinajstić information content (AvgIpc) is 4.01. The summed E-state index contributed by atoms with van der Waals surface area (Å²) >= 11 is 1.84. The number of fused-ring (bicyclic) bond motifs is 9. The summed E-state index contributed by atoms with van der Waals surface area (Å²) in [7, 11) is 0. The van der Waals surface area contributed by atoms with Crippen molar-refractivity contribution in [2.75, 3.05) is 0 Å². The van der Waals surface area contributed by atoms with Gasteiger partial charge in [0.05, 0.1) is 38.7 Å². The Morgan fingerprint density at radius 3 is 1.48 bits per heavy atom. The molecule has 0 aliphatic carbocycles. The summed E-state index contributed by atoms with van der Waals surface area (Å²) in [4.78, 5) is 6.75. The van der Waals surface area contributed by atoms with E-state index in [9.17, 15) is 0 Å². The van der Waals surface area contributed by atoms with Crippen LogP contribution in [-0.4, -0.2) is 15.0 Å². The molecule has 296 valence electrons. The quantitative estimate of drug-likeness (QED) is 0.178. The summed E-state index contributed by atoms with van der Waals surface area (Å²) in [6.07, 6.45) is 0. The van der Waals surface area contributed by atoms with Crippen LogP contribution < -0.4 is 5.32 Å². The highest BCUT2D eigenvalue weighted by Crippen LogP contribution is 2.47. The van der Waals surface area contributed by atoms with Crippen LogP contribution in [0.15, 0.2) is 223 Å². The van der Waals surface area contributed by atoms with Gasteiger partial charge in [-0.25, -0.2) is 4.99 Å². The number of para-hydroxylation sites is 4. The zero-order chi connectivity index (χ0) is 41.4. The number of aromatic nitrogens is 2. The first-order valence-electron chi connectivity index (χ1n) is 21.5. The summed E-state index contributed by atoms with van der Waals surface area (Å²) in [6, 6.07) is 79.0. The number of amidine groups is 1. The van der Waals surface area contributed by atoms with Crippen molar-refractivity contribution in [1.29, 1.82) is 0 Å². The van der Waals surface area contributed by atoms with E-state index in [4.69, 9.17) is 4.99 Å². The molecule has 0 saturated heterocycles. The first kappa shape index (κ1) is 35.7. The van der Waals surface area contributed by atoms with Crippen LogP contribution in [0.2, 0.25) is 0 Å². The second-order valence-electron chi connectivity index (χ2n) is 16.4. The molecular formula is C58H38N4S. The van der Waals surface area contributed by atoms with Crippen LogP contribution in [0.3, 0.4) is 0 Å². The Hall–Kier alpha value is -7.99. The topological polar surface area (TPSA) is 34.2 Å². The van der Waals surface area contributed by atoms with Crippen molar-refractivity contribution in [3.63, 3.8) is 0 Å². The molecule has 0 radical (unpaired) electrons. The highest BCUT2D eigenvalue weighted by atomic mass is 32.1.